The number of esters is 4. The van der Waals surface area contributed by atoms with Crippen molar-refractivity contribution in [2.75, 3.05) is 19.8 Å². The first kappa shape index (κ1) is 55.4. The van der Waals surface area contributed by atoms with Crippen LogP contribution in [0.4, 0.5) is 4.79 Å². The average molecular weight is 1030 g/mol. The molecule has 2 saturated heterocycles. The Morgan fingerprint density at radius 1 is 0.918 bits per heavy atom. The van der Waals surface area contributed by atoms with Crippen molar-refractivity contribution in [3.05, 3.63) is 82.9 Å². The minimum absolute atomic E-state index is 0.00387. The van der Waals surface area contributed by atoms with Gasteiger partial charge in [0, 0.05) is 25.7 Å². The number of carbonyl (C=O) groups excluding carboxylic acids is 6. The third kappa shape index (κ3) is 10.6. The molecule has 0 radical (unpaired) electrons. The van der Waals surface area contributed by atoms with Gasteiger partial charge in [0.1, 0.15) is 53.9 Å². The van der Waals surface area contributed by atoms with E-state index in [1.807, 2.05) is 0 Å². The van der Waals surface area contributed by atoms with Gasteiger partial charge in [-0.25, -0.2) is 14.4 Å². The number of benzene rings is 2. The third-order valence-corrected chi connectivity index (χ3v) is 14.8. The maximum Gasteiger partial charge on any atom is 0.408 e. The lowest BCUT2D eigenvalue weighted by Crippen LogP contribution is -2.81. The van der Waals surface area contributed by atoms with Crippen molar-refractivity contribution < 1.29 is 102 Å². The van der Waals surface area contributed by atoms with E-state index in [1.165, 1.54) is 45.0 Å². The highest BCUT2D eigenvalue weighted by atomic mass is 16.7. The van der Waals surface area contributed by atoms with Gasteiger partial charge in [-0.3, -0.25) is 14.4 Å². The first-order chi connectivity index (χ1) is 34.3. The normalized spacial score (nSPS) is 35.8. The number of fused-ring (bicyclic) bond motifs is 5. The van der Waals surface area contributed by atoms with Gasteiger partial charge in [-0.05, 0) is 63.5 Å². The highest BCUT2D eigenvalue weighted by Gasteiger charge is 2.77. The lowest BCUT2D eigenvalue weighted by Gasteiger charge is -2.66. The lowest BCUT2D eigenvalue weighted by molar-refractivity contribution is -0.343. The second kappa shape index (κ2) is 21.4. The summed E-state index contributed by atoms with van der Waals surface area (Å²) in [5, 5.41) is 80.9. The molecule has 8 N–H and O–H groups in total. The maximum atomic E-state index is 15.9. The molecule has 2 unspecified atom stereocenters. The highest BCUT2D eigenvalue weighted by molar-refractivity contribution is 5.95. The molecule has 2 heterocycles. The molecule has 73 heavy (non-hydrogen) atoms. The number of alkyl carbamates (subject to hydrolysis) is 1. The van der Waals surface area contributed by atoms with E-state index in [9.17, 15) is 59.7 Å². The molecular weight excluding hydrogens is 963 g/mol. The van der Waals surface area contributed by atoms with E-state index in [2.05, 4.69) is 5.32 Å². The van der Waals surface area contributed by atoms with Gasteiger partial charge in [-0.15, -0.1) is 0 Å². The molecule has 400 valence electrons. The molecule has 7 rings (SSSR count). The van der Waals surface area contributed by atoms with Crippen molar-refractivity contribution in [2.24, 2.45) is 17.3 Å². The van der Waals surface area contributed by atoms with Crippen LogP contribution in [-0.2, 0) is 57.1 Å². The predicted octanol–water partition coefficient (Wildman–Crippen LogP) is 0.627. The Balaban J connectivity index is 1.33. The summed E-state index contributed by atoms with van der Waals surface area (Å²) in [4.78, 5) is 85.0. The zero-order valence-electron chi connectivity index (χ0n) is 41.4. The standard InChI is InChI=1S/C51H65NO21/c1-24-29(68-45(63)37(58)35(27-14-10-8-11-15-27)52-47(64)73-48(4,5)6)21-50(65)25(2)34(24)40(70-33(56)18-19-66-46-39(60)38(59)36(57)30(22-53)69-46)42(61)49(7)31(55)20-32-51(23-67-32,72-26(3)54)41(49)43(50)71-44(62)28-16-12-9-13-17-28/h8-17,25,29-32,35-41,43,46,53,55,57-60,65H,18-23H2,1-7H3,(H,52,64)/t25-,29-,30+,31-,32+,35-,36-,37+,38-,39+,40+,41?,43-,46?,49+,50-,51-/m0/s1. The number of nitrogens with one attached hydrogen (secondary N) is 1. The van der Waals surface area contributed by atoms with Crippen molar-refractivity contribution in [3.63, 3.8) is 0 Å². The predicted molar refractivity (Wildman–Crippen MR) is 247 cm³/mol. The van der Waals surface area contributed by atoms with Crippen LogP contribution >= 0.6 is 0 Å². The minimum Gasteiger partial charge on any atom is -0.456 e. The number of rotatable bonds is 14. The summed E-state index contributed by atoms with van der Waals surface area (Å²) in [6.45, 7) is 8.39. The molecule has 22 nitrogen and oxygen atoms in total. The molecule has 2 saturated carbocycles. The smallest absolute Gasteiger partial charge is 0.408 e. The second-order valence-electron chi connectivity index (χ2n) is 20.6. The number of amides is 1. The average Bonchev–Trinajstić information content (AvgIpc) is 3.33. The Bertz CT molecular complexity index is 2410. The van der Waals surface area contributed by atoms with Crippen LogP contribution in [0.15, 0.2) is 71.8 Å². The van der Waals surface area contributed by atoms with Crippen molar-refractivity contribution >= 4 is 35.8 Å². The van der Waals surface area contributed by atoms with Gasteiger partial charge in [-0.1, -0.05) is 55.5 Å². The summed E-state index contributed by atoms with van der Waals surface area (Å²) < 4.78 is 46.8. The lowest BCUT2D eigenvalue weighted by atomic mass is 9.47. The topological polar surface area (TPSA) is 330 Å². The van der Waals surface area contributed by atoms with Crippen LogP contribution in [0.5, 0.6) is 0 Å². The summed E-state index contributed by atoms with van der Waals surface area (Å²) in [5.74, 6) is -8.39. The van der Waals surface area contributed by atoms with Gasteiger partial charge in [0.25, 0.3) is 0 Å². The van der Waals surface area contributed by atoms with Crippen molar-refractivity contribution in [3.8, 4) is 0 Å². The zero-order valence-corrected chi connectivity index (χ0v) is 41.4. The highest BCUT2D eigenvalue weighted by Crippen LogP contribution is 2.62. The molecule has 2 aromatic carbocycles. The molecule has 4 fully saturated rings. The molecule has 22 heteroatoms. The quantitative estimate of drug-likeness (QED) is 0.0731. The Morgan fingerprint density at radius 3 is 2.15 bits per heavy atom. The first-order valence-electron chi connectivity index (χ1n) is 24.1. The fraction of sp³-hybridized carbons (Fsp3) is 0.608. The van der Waals surface area contributed by atoms with E-state index in [4.69, 9.17) is 37.9 Å². The van der Waals surface area contributed by atoms with Crippen LogP contribution in [0.1, 0.15) is 89.7 Å². The summed E-state index contributed by atoms with van der Waals surface area (Å²) in [6.07, 6.45) is -21.5. The number of aliphatic hydroxyl groups excluding tert-OH is 6. The van der Waals surface area contributed by atoms with Gasteiger partial charge in [0.05, 0.1) is 55.3 Å². The SMILES string of the molecule is CC(=O)O[C@@]12CO[C@@H]1C[C@H](O)[C@@]1(C)C(=O)[C@H](OC(=O)CCOC3O[C@H](CO)[C@H](O)[C@H](O)[C@H]3O)C3=C(C)[C@@H](OC(=O)[C@H](O)[C@@H](NC(=O)OC(C)(C)C)c4ccccc4)C[C@](O)([C@H]3C)[C@@H](OC(=O)c3ccccc3)C12. The van der Waals surface area contributed by atoms with Gasteiger partial charge in [0.2, 0.25) is 0 Å². The molecule has 2 aliphatic heterocycles. The van der Waals surface area contributed by atoms with Crippen LogP contribution in [0.25, 0.3) is 0 Å². The Kier molecular flexibility index (Phi) is 16.3. The van der Waals surface area contributed by atoms with Gasteiger partial charge >= 0.3 is 30.0 Å². The number of hydrogen-bond acceptors (Lipinski definition) is 21. The van der Waals surface area contributed by atoms with E-state index in [-0.39, 0.29) is 28.7 Å². The maximum absolute atomic E-state index is 15.9. The van der Waals surface area contributed by atoms with E-state index in [1.54, 1.807) is 57.2 Å². The number of carbonyl (C=O) groups is 6. The summed E-state index contributed by atoms with van der Waals surface area (Å²) in [6, 6.07) is 14.1. The molecule has 17 atom stereocenters. The molecule has 5 aliphatic rings. The Labute approximate surface area is 420 Å². The van der Waals surface area contributed by atoms with Crippen LogP contribution in [0.2, 0.25) is 0 Å². The molecule has 1 amide bonds. The van der Waals surface area contributed by atoms with Crippen LogP contribution in [0.3, 0.4) is 0 Å². The van der Waals surface area contributed by atoms with Crippen LogP contribution < -0.4 is 5.32 Å². The number of Topliss-reactive ketones (excluding diaryl/α,β-unsaturated/α-hetero) is 1. The van der Waals surface area contributed by atoms with E-state index in [0.29, 0.717) is 0 Å². The first-order valence-corrected chi connectivity index (χ1v) is 24.1. The summed E-state index contributed by atoms with van der Waals surface area (Å²) in [5.41, 5.74) is -7.42. The number of hydrogen-bond donors (Lipinski definition) is 8. The van der Waals surface area contributed by atoms with Gasteiger partial charge < -0.3 is 79.0 Å². The molecular formula is C51H65NO21. The third-order valence-electron chi connectivity index (χ3n) is 14.8. The van der Waals surface area contributed by atoms with E-state index >= 15 is 4.79 Å². The van der Waals surface area contributed by atoms with E-state index < -0.39 is 176 Å². The van der Waals surface area contributed by atoms with Gasteiger partial charge in [0.15, 0.2) is 29.9 Å². The monoisotopic (exact) mass is 1030 g/mol. The minimum atomic E-state index is -2.49. The number of ether oxygens (including phenoxy) is 8. The van der Waals surface area contributed by atoms with Crippen molar-refractivity contribution in [2.45, 2.75) is 158 Å². The number of aliphatic hydroxyl groups is 7. The van der Waals surface area contributed by atoms with Crippen molar-refractivity contribution in [1.82, 2.24) is 5.32 Å². The fourth-order valence-electron chi connectivity index (χ4n) is 10.9. The van der Waals surface area contributed by atoms with Crippen molar-refractivity contribution in [1.29, 1.82) is 0 Å². The molecule has 0 spiro atoms. The van der Waals surface area contributed by atoms with Crippen LogP contribution in [-0.4, -0.2) is 175 Å². The fourth-order valence-corrected chi connectivity index (χ4v) is 10.9. The second-order valence-corrected chi connectivity index (χ2v) is 20.6. The van der Waals surface area contributed by atoms with Crippen LogP contribution in [0, 0.1) is 17.3 Å². The molecule has 2 aromatic rings. The largest absolute Gasteiger partial charge is 0.456 e. The van der Waals surface area contributed by atoms with Gasteiger partial charge in [-0.2, -0.15) is 0 Å². The zero-order chi connectivity index (χ0) is 53.5. The number of ketones is 1. The molecule has 2 bridgehead atoms. The summed E-state index contributed by atoms with van der Waals surface area (Å²) >= 11 is 0. The van der Waals surface area contributed by atoms with E-state index in [0.717, 1.165) is 6.92 Å². The molecule has 3 aliphatic carbocycles. The molecule has 0 aromatic heterocycles. The Hall–Kier alpha value is -5.40. The summed E-state index contributed by atoms with van der Waals surface area (Å²) in [7, 11) is 0. The Morgan fingerprint density at radius 2 is 1.56 bits per heavy atom.